The molecule has 0 spiro atoms. The summed E-state index contributed by atoms with van der Waals surface area (Å²) in [6, 6.07) is 16.1. The van der Waals surface area contributed by atoms with Crippen LogP contribution in [-0.2, 0) is 14.3 Å². The van der Waals surface area contributed by atoms with Gasteiger partial charge in [-0.2, -0.15) is 0 Å². The number of alkyl carbamates (subject to hydrolysis) is 1. The van der Waals surface area contributed by atoms with E-state index in [1.807, 2.05) is 36.4 Å². The molecule has 4 rings (SSSR count). The molecule has 0 unspecified atom stereocenters. The van der Waals surface area contributed by atoms with Gasteiger partial charge in [-0.25, -0.2) is 9.59 Å². The minimum absolute atomic E-state index is 0.0743. The van der Waals surface area contributed by atoms with Crippen LogP contribution in [0.1, 0.15) is 50.2 Å². The smallest absolute Gasteiger partial charge is 0.408 e. The number of likely N-dealkylation sites (N-methyl/N-ethyl adjacent to an activating group) is 1. The molecule has 2 N–H and O–H groups in total. The van der Waals surface area contributed by atoms with Crippen LogP contribution in [0, 0.1) is 0 Å². The molecule has 0 bridgehead atoms. The van der Waals surface area contributed by atoms with Crippen molar-refractivity contribution in [3.8, 4) is 11.1 Å². The second-order valence-electron chi connectivity index (χ2n) is 9.11. The van der Waals surface area contributed by atoms with Crippen LogP contribution >= 0.6 is 0 Å². The maximum absolute atomic E-state index is 13.1. The minimum atomic E-state index is -1.39. The van der Waals surface area contributed by atoms with Crippen molar-refractivity contribution in [2.45, 2.75) is 50.1 Å². The number of carboxylic acids is 1. The second kappa shape index (κ2) is 7.97. The van der Waals surface area contributed by atoms with Gasteiger partial charge in [0.1, 0.15) is 17.7 Å². The van der Waals surface area contributed by atoms with Crippen LogP contribution in [0.5, 0.6) is 0 Å². The van der Waals surface area contributed by atoms with Gasteiger partial charge in [-0.1, -0.05) is 48.5 Å². The Labute approximate surface area is 187 Å². The number of carbonyl (C=O) groups excluding carboxylic acids is 2. The quantitative estimate of drug-likeness (QED) is 0.719. The third-order valence-corrected chi connectivity index (χ3v) is 6.97. The van der Waals surface area contributed by atoms with Crippen LogP contribution in [0.3, 0.4) is 0 Å². The molecule has 2 amide bonds. The number of ether oxygens (including phenoxy) is 1. The summed E-state index contributed by atoms with van der Waals surface area (Å²) in [6.45, 7) is 3.08. The van der Waals surface area contributed by atoms with E-state index in [9.17, 15) is 19.5 Å². The molecule has 0 aromatic heterocycles. The zero-order chi connectivity index (χ0) is 23.1. The maximum atomic E-state index is 13.1. The van der Waals surface area contributed by atoms with Gasteiger partial charge in [0, 0.05) is 13.0 Å². The highest BCUT2D eigenvalue weighted by Crippen LogP contribution is 2.44. The Morgan fingerprint density at radius 3 is 2.06 bits per heavy atom. The Hall–Kier alpha value is -3.35. The number of carbonyl (C=O) groups is 3. The Morgan fingerprint density at radius 1 is 1.06 bits per heavy atom. The lowest BCUT2D eigenvalue weighted by Gasteiger charge is -2.45. The number of nitrogens with one attached hydrogen (secondary N) is 1. The molecular formula is C25H28N2O5. The number of aliphatic carboxylic acids is 1. The van der Waals surface area contributed by atoms with Crippen molar-refractivity contribution in [1.29, 1.82) is 0 Å². The Kier molecular flexibility index (Phi) is 5.44. The highest BCUT2D eigenvalue weighted by atomic mass is 16.5. The number of fused-ring (bicyclic) bond motifs is 3. The first-order valence-electron chi connectivity index (χ1n) is 10.8. The SMILES string of the molecule is CN(C(=O)C1(NC(=O)OCC2c3ccccc3-c3ccccc32)CCC1)C(C)(C)C(=O)O. The van der Waals surface area contributed by atoms with Gasteiger partial charge in [-0.15, -0.1) is 0 Å². The van der Waals surface area contributed by atoms with Crippen molar-refractivity contribution in [3.63, 3.8) is 0 Å². The molecule has 2 aromatic rings. The molecule has 2 aliphatic carbocycles. The molecule has 168 valence electrons. The van der Waals surface area contributed by atoms with Gasteiger partial charge in [0.15, 0.2) is 0 Å². The monoisotopic (exact) mass is 436 g/mol. The molecule has 0 saturated heterocycles. The van der Waals surface area contributed by atoms with E-state index in [0.717, 1.165) is 28.7 Å². The van der Waals surface area contributed by atoms with Gasteiger partial charge in [-0.05, 0) is 55.4 Å². The molecule has 1 saturated carbocycles. The number of hydrogen-bond donors (Lipinski definition) is 2. The van der Waals surface area contributed by atoms with Crippen molar-refractivity contribution in [2.24, 2.45) is 0 Å². The van der Waals surface area contributed by atoms with E-state index in [1.54, 1.807) is 0 Å². The third-order valence-electron chi connectivity index (χ3n) is 6.97. The highest BCUT2D eigenvalue weighted by molar-refractivity contribution is 5.94. The predicted octanol–water partition coefficient (Wildman–Crippen LogP) is 3.77. The van der Waals surface area contributed by atoms with E-state index in [-0.39, 0.29) is 12.5 Å². The van der Waals surface area contributed by atoms with Crippen molar-refractivity contribution >= 4 is 18.0 Å². The van der Waals surface area contributed by atoms with Crippen LogP contribution in [0.2, 0.25) is 0 Å². The fourth-order valence-electron chi connectivity index (χ4n) is 4.47. The molecule has 0 heterocycles. The zero-order valence-electron chi connectivity index (χ0n) is 18.6. The molecule has 2 aromatic carbocycles. The largest absolute Gasteiger partial charge is 0.480 e. The first kappa shape index (κ1) is 21.9. The first-order chi connectivity index (χ1) is 15.2. The fraction of sp³-hybridized carbons (Fsp3) is 0.400. The Balaban J connectivity index is 1.46. The van der Waals surface area contributed by atoms with Crippen molar-refractivity contribution in [3.05, 3.63) is 59.7 Å². The summed E-state index contributed by atoms with van der Waals surface area (Å²) < 4.78 is 5.60. The van der Waals surface area contributed by atoms with Crippen molar-refractivity contribution in [1.82, 2.24) is 10.2 Å². The van der Waals surface area contributed by atoms with Gasteiger partial charge in [-0.3, -0.25) is 4.79 Å². The Morgan fingerprint density at radius 2 is 1.59 bits per heavy atom. The first-order valence-corrected chi connectivity index (χ1v) is 10.8. The van der Waals surface area contributed by atoms with Gasteiger partial charge < -0.3 is 20.1 Å². The number of hydrogen-bond acceptors (Lipinski definition) is 4. The van der Waals surface area contributed by atoms with Crippen LogP contribution in [0.4, 0.5) is 4.79 Å². The molecule has 0 aliphatic heterocycles. The summed E-state index contributed by atoms with van der Waals surface area (Å²) in [5, 5.41) is 12.2. The van der Waals surface area contributed by atoms with Crippen molar-refractivity contribution < 1.29 is 24.2 Å². The van der Waals surface area contributed by atoms with Gasteiger partial charge in [0.2, 0.25) is 5.91 Å². The fourth-order valence-corrected chi connectivity index (χ4v) is 4.47. The van der Waals surface area contributed by atoms with E-state index in [4.69, 9.17) is 4.74 Å². The molecule has 0 radical (unpaired) electrons. The van der Waals surface area contributed by atoms with Gasteiger partial charge in [0.25, 0.3) is 0 Å². The summed E-state index contributed by atoms with van der Waals surface area (Å²) in [5.41, 5.74) is 1.99. The van der Waals surface area contributed by atoms with E-state index < -0.39 is 29.0 Å². The van der Waals surface area contributed by atoms with E-state index in [1.165, 1.54) is 25.8 Å². The lowest BCUT2D eigenvalue weighted by atomic mass is 9.75. The number of nitrogens with zero attached hydrogens (tertiary/aromatic N) is 1. The van der Waals surface area contributed by atoms with E-state index in [0.29, 0.717) is 12.8 Å². The number of carboxylic acid groups (broad SMARTS) is 1. The Bertz CT molecular complexity index is 1030. The third kappa shape index (κ3) is 3.51. The summed E-state index contributed by atoms with van der Waals surface area (Å²) in [7, 11) is 1.45. The zero-order valence-corrected chi connectivity index (χ0v) is 18.6. The summed E-state index contributed by atoms with van der Waals surface area (Å²) in [4.78, 5) is 38.6. The average molecular weight is 437 g/mol. The summed E-state index contributed by atoms with van der Waals surface area (Å²) >= 11 is 0. The van der Waals surface area contributed by atoms with Crippen molar-refractivity contribution in [2.75, 3.05) is 13.7 Å². The molecule has 0 atom stereocenters. The van der Waals surface area contributed by atoms with Crippen LogP contribution in [0.25, 0.3) is 11.1 Å². The standard InChI is InChI=1S/C25H28N2O5/c1-24(2,22(29)30)27(3)21(28)25(13-8-14-25)26-23(31)32-15-20-18-11-6-4-9-16(18)17-10-5-7-12-19(17)20/h4-7,9-12,20H,8,13-15H2,1-3H3,(H,26,31)(H,29,30). The number of amides is 2. The van der Waals surface area contributed by atoms with Crippen LogP contribution in [-0.4, -0.2) is 52.7 Å². The normalized spacial score (nSPS) is 16.3. The summed E-state index contributed by atoms with van der Waals surface area (Å²) in [6.07, 6.45) is 1.02. The minimum Gasteiger partial charge on any atom is -0.480 e. The predicted molar refractivity (Wildman–Crippen MR) is 119 cm³/mol. The average Bonchev–Trinajstić information content (AvgIpc) is 3.07. The molecule has 7 nitrogen and oxygen atoms in total. The number of benzene rings is 2. The van der Waals surface area contributed by atoms with Gasteiger partial charge in [0.05, 0.1) is 0 Å². The maximum Gasteiger partial charge on any atom is 0.408 e. The van der Waals surface area contributed by atoms with E-state index in [2.05, 4.69) is 17.4 Å². The second-order valence-corrected chi connectivity index (χ2v) is 9.11. The molecule has 32 heavy (non-hydrogen) atoms. The van der Waals surface area contributed by atoms with E-state index >= 15 is 0 Å². The lowest BCUT2D eigenvalue weighted by Crippen LogP contribution is -2.66. The number of rotatable bonds is 6. The molecule has 2 aliphatic rings. The molecule has 1 fully saturated rings. The molecular weight excluding hydrogens is 408 g/mol. The lowest BCUT2D eigenvalue weighted by molar-refractivity contribution is -0.159. The van der Waals surface area contributed by atoms with Crippen LogP contribution in [0.15, 0.2) is 48.5 Å². The van der Waals surface area contributed by atoms with Gasteiger partial charge >= 0.3 is 12.1 Å². The highest BCUT2D eigenvalue weighted by Gasteiger charge is 2.51. The van der Waals surface area contributed by atoms with Crippen LogP contribution < -0.4 is 5.32 Å². The summed E-state index contributed by atoms with van der Waals surface area (Å²) in [5.74, 6) is -1.59. The topological polar surface area (TPSA) is 95.9 Å². The molecule has 7 heteroatoms.